The predicted molar refractivity (Wildman–Crippen MR) is 102 cm³/mol. The van der Waals surface area contributed by atoms with Gasteiger partial charge >= 0.3 is 0 Å². The molecular weight excluding hydrogens is 420 g/mol. The Kier molecular flexibility index (Phi) is 4.09. The summed E-state index contributed by atoms with van der Waals surface area (Å²) in [6.45, 7) is 0. The van der Waals surface area contributed by atoms with Crippen LogP contribution < -0.4 is 10.1 Å². The summed E-state index contributed by atoms with van der Waals surface area (Å²) in [6.07, 6.45) is 1.67. The first kappa shape index (κ1) is 16.6. The number of rotatable bonds is 3. The van der Waals surface area contributed by atoms with E-state index in [0.29, 0.717) is 20.9 Å². The zero-order chi connectivity index (χ0) is 18.3. The Morgan fingerprint density at radius 2 is 1.88 bits per heavy atom. The van der Waals surface area contributed by atoms with Crippen molar-refractivity contribution >= 4 is 44.0 Å². The zero-order valence-electron chi connectivity index (χ0n) is 13.0. The monoisotopic (exact) mass is 428 g/mol. The first-order valence-electron chi connectivity index (χ1n) is 7.43. The van der Waals surface area contributed by atoms with Crippen molar-refractivity contribution in [3.05, 3.63) is 83.6 Å². The molecule has 0 saturated carbocycles. The van der Waals surface area contributed by atoms with Gasteiger partial charge in [-0.1, -0.05) is 39.4 Å². The van der Waals surface area contributed by atoms with Gasteiger partial charge in [-0.05, 0) is 35.9 Å². The average molecular weight is 429 g/mol. The second-order valence-corrected chi connectivity index (χ2v) is 7.24. The van der Waals surface area contributed by atoms with E-state index in [0.717, 1.165) is 10.0 Å². The van der Waals surface area contributed by atoms with Gasteiger partial charge in [-0.2, -0.15) is 9.50 Å². The summed E-state index contributed by atoms with van der Waals surface area (Å²) in [4.78, 5) is 27.7. The second-order valence-electron chi connectivity index (χ2n) is 5.37. The molecule has 2 aromatic heterocycles. The van der Waals surface area contributed by atoms with Gasteiger partial charge in [0.1, 0.15) is 0 Å². The molecule has 7 nitrogen and oxygen atoms in total. The Morgan fingerprint density at radius 3 is 2.54 bits per heavy atom. The topological polar surface area (TPSA) is 90.4 Å². The number of halogens is 1. The van der Waals surface area contributed by atoms with Crippen LogP contribution in [0.1, 0.15) is 5.56 Å². The number of hydrogen-bond acceptors (Lipinski definition) is 6. The molecule has 4 rings (SSSR count). The van der Waals surface area contributed by atoms with Gasteiger partial charge in [-0.15, -0.1) is 5.10 Å². The number of benzene rings is 2. The highest BCUT2D eigenvalue weighted by atomic mass is 79.9. The molecule has 26 heavy (non-hydrogen) atoms. The van der Waals surface area contributed by atoms with Crippen LogP contribution in [0.15, 0.2) is 57.8 Å². The molecule has 0 spiro atoms. The van der Waals surface area contributed by atoms with E-state index in [9.17, 15) is 14.9 Å². The normalized spacial score (nSPS) is 12.0. The van der Waals surface area contributed by atoms with E-state index in [1.165, 1.54) is 28.0 Å². The number of fused-ring (bicyclic) bond motifs is 1. The third-order valence-electron chi connectivity index (χ3n) is 3.70. The van der Waals surface area contributed by atoms with Crippen molar-refractivity contribution in [1.29, 1.82) is 0 Å². The summed E-state index contributed by atoms with van der Waals surface area (Å²) in [5, 5.41) is 15.0. The third-order valence-corrected chi connectivity index (χ3v) is 5.35. The Morgan fingerprint density at radius 1 is 1.15 bits per heavy atom. The van der Waals surface area contributed by atoms with Gasteiger partial charge in [0.2, 0.25) is 4.96 Å². The van der Waals surface area contributed by atoms with Crippen LogP contribution in [-0.4, -0.2) is 19.5 Å². The molecule has 0 saturated heterocycles. The van der Waals surface area contributed by atoms with Crippen molar-refractivity contribution in [3.8, 4) is 11.4 Å². The number of aromatic nitrogens is 3. The number of hydrogen-bond donors (Lipinski definition) is 0. The van der Waals surface area contributed by atoms with Crippen LogP contribution >= 0.6 is 27.3 Å². The second kappa shape index (κ2) is 6.43. The van der Waals surface area contributed by atoms with Crippen molar-refractivity contribution in [3.63, 3.8) is 0 Å². The minimum Gasteiger partial charge on any atom is -0.266 e. The number of non-ortho nitro benzene ring substituents is 1. The molecule has 0 atom stereocenters. The van der Waals surface area contributed by atoms with E-state index in [1.807, 2.05) is 24.3 Å². The molecule has 4 aromatic rings. The van der Waals surface area contributed by atoms with Gasteiger partial charge in [0.05, 0.1) is 9.46 Å². The SMILES string of the molecule is O=c1/c(=C/c2ccc([N+](=O)[O-])cc2)sc2nc(-c3ccccc3Br)nn12. The summed E-state index contributed by atoms with van der Waals surface area (Å²) in [7, 11) is 0. The van der Waals surface area contributed by atoms with E-state index >= 15 is 0 Å². The molecular formula is C17H9BrN4O3S. The van der Waals surface area contributed by atoms with Crippen molar-refractivity contribution in [1.82, 2.24) is 14.6 Å². The quantitative estimate of drug-likeness (QED) is 0.369. The molecule has 2 heterocycles. The highest BCUT2D eigenvalue weighted by Gasteiger charge is 2.13. The maximum absolute atomic E-state index is 12.6. The fraction of sp³-hybridized carbons (Fsp3) is 0. The van der Waals surface area contributed by atoms with Gasteiger partial charge in [-0.3, -0.25) is 14.9 Å². The lowest BCUT2D eigenvalue weighted by Gasteiger charge is -1.97. The maximum Gasteiger partial charge on any atom is 0.291 e. The van der Waals surface area contributed by atoms with Crippen LogP contribution in [0.4, 0.5) is 5.69 Å². The van der Waals surface area contributed by atoms with E-state index in [4.69, 9.17) is 0 Å². The smallest absolute Gasteiger partial charge is 0.266 e. The van der Waals surface area contributed by atoms with Gasteiger partial charge in [0.15, 0.2) is 5.82 Å². The predicted octanol–water partition coefficient (Wildman–Crippen LogP) is 3.04. The molecule has 0 aliphatic heterocycles. The van der Waals surface area contributed by atoms with E-state index in [2.05, 4.69) is 26.0 Å². The third kappa shape index (κ3) is 2.91. The largest absolute Gasteiger partial charge is 0.291 e. The maximum atomic E-state index is 12.6. The molecule has 0 amide bonds. The Hall–Kier alpha value is -2.91. The van der Waals surface area contributed by atoms with E-state index in [1.54, 1.807) is 18.2 Å². The van der Waals surface area contributed by atoms with Crippen molar-refractivity contribution in [2.24, 2.45) is 0 Å². The molecule has 0 aliphatic carbocycles. The number of nitro groups is 1. The number of thiazole rings is 1. The molecule has 128 valence electrons. The minimum absolute atomic E-state index is 0.00484. The average Bonchev–Trinajstić information content (AvgIpc) is 3.16. The minimum atomic E-state index is -0.463. The molecule has 0 N–H and O–H groups in total. The Labute approximate surface area is 158 Å². The highest BCUT2D eigenvalue weighted by Crippen LogP contribution is 2.25. The van der Waals surface area contributed by atoms with Crippen LogP contribution in [0.2, 0.25) is 0 Å². The summed E-state index contributed by atoms with van der Waals surface area (Å²) < 4.78 is 2.59. The zero-order valence-corrected chi connectivity index (χ0v) is 15.4. The van der Waals surface area contributed by atoms with Gasteiger partial charge in [0, 0.05) is 22.2 Å². The fourth-order valence-electron chi connectivity index (χ4n) is 2.43. The summed E-state index contributed by atoms with van der Waals surface area (Å²) in [6, 6.07) is 13.5. The van der Waals surface area contributed by atoms with Crippen molar-refractivity contribution in [2.45, 2.75) is 0 Å². The molecule has 0 radical (unpaired) electrons. The van der Waals surface area contributed by atoms with Gasteiger partial charge in [-0.25, -0.2) is 0 Å². The van der Waals surface area contributed by atoms with Crippen LogP contribution in [0.5, 0.6) is 0 Å². The van der Waals surface area contributed by atoms with Crippen LogP contribution in [0.3, 0.4) is 0 Å². The first-order chi connectivity index (χ1) is 12.5. The Bertz CT molecular complexity index is 1250. The summed E-state index contributed by atoms with van der Waals surface area (Å²) in [5.41, 5.74) is 1.24. The first-order valence-corrected chi connectivity index (χ1v) is 9.04. The van der Waals surface area contributed by atoms with Crippen molar-refractivity contribution in [2.75, 3.05) is 0 Å². The lowest BCUT2D eigenvalue weighted by molar-refractivity contribution is -0.384. The number of nitrogens with zero attached hydrogens (tertiary/aromatic N) is 4. The van der Waals surface area contributed by atoms with Crippen LogP contribution in [-0.2, 0) is 0 Å². The Balaban J connectivity index is 1.77. The number of nitro benzene ring substituents is 1. The molecule has 0 fully saturated rings. The molecule has 0 unspecified atom stereocenters. The lowest BCUT2D eigenvalue weighted by atomic mass is 10.2. The van der Waals surface area contributed by atoms with E-state index in [-0.39, 0.29) is 11.2 Å². The molecule has 2 aromatic carbocycles. The molecule has 0 bridgehead atoms. The molecule has 9 heteroatoms. The van der Waals surface area contributed by atoms with E-state index < -0.39 is 4.92 Å². The standard InChI is InChI=1S/C17H9BrN4O3S/c18-13-4-2-1-3-12(13)15-19-17-21(20-15)16(23)14(26-17)9-10-5-7-11(8-6-10)22(24)25/h1-9H/b14-9-. The molecule has 0 aliphatic rings. The van der Waals surface area contributed by atoms with Crippen LogP contribution in [0, 0.1) is 10.1 Å². The fourth-order valence-corrected chi connectivity index (χ4v) is 3.80. The van der Waals surface area contributed by atoms with Crippen LogP contribution in [0.25, 0.3) is 22.4 Å². The summed E-state index contributed by atoms with van der Waals surface area (Å²) >= 11 is 4.68. The van der Waals surface area contributed by atoms with Crippen molar-refractivity contribution < 1.29 is 4.92 Å². The van der Waals surface area contributed by atoms with Gasteiger partial charge in [0.25, 0.3) is 11.2 Å². The van der Waals surface area contributed by atoms with Gasteiger partial charge < -0.3 is 0 Å². The lowest BCUT2D eigenvalue weighted by Crippen LogP contribution is -2.23. The summed E-state index contributed by atoms with van der Waals surface area (Å²) in [5.74, 6) is 0.475. The highest BCUT2D eigenvalue weighted by molar-refractivity contribution is 9.10.